The Balaban J connectivity index is 1.79. The van der Waals surface area contributed by atoms with Crippen LogP contribution in [-0.2, 0) is 0 Å². The van der Waals surface area contributed by atoms with E-state index in [0.29, 0.717) is 5.82 Å². The van der Waals surface area contributed by atoms with Gasteiger partial charge in [-0.15, -0.1) is 0 Å². The van der Waals surface area contributed by atoms with Crippen molar-refractivity contribution in [2.24, 2.45) is 0 Å². The molecule has 4 aromatic carbocycles. The molecule has 30 heavy (non-hydrogen) atoms. The van der Waals surface area contributed by atoms with Crippen LogP contribution >= 0.6 is 0 Å². The lowest BCUT2D eigenvalue weighted by molar-refractivity contribution is 0.673. The molecular weight excluding hydrogens is 370 g/mol. The summed E-state index contributed by atoms with van der Waals surface area (Å²) in [6.07, 6.45) is 3.52. The van der Waals surface area contributed by atoms with E-state index in [1.807, 2.05) is 12.1 Å². The second kappa shape index (κ2) is 5.67. The Bertz CT molecular complexity index is 1740. The van der Waals surface area contributed by atoms with Crippen LogP contribution < -0.4 is 0 Å². The number of nitrogens with zero attached hydrogens (tertiary/aromatic N) is 2. The Morgan fingerprint density at radius 3 is 2.20 bits per heavy atom. The quantitative estimate of drug-likeness (QED) is 0.337. The van der Waals surface area contributed by atoms with Crippen LogP contribution in [-0.4, -0.2) is 15.0 Å². The van der Waals surface area contributed by atoms with Crippen LogP contribution in [0.15, 0.2) is 89.6 Å². The molecule has 0 saturated carbocycles. The fraction of sp³-hybridized carbons (Fsp3) is 0. The number of fused-ring (bicyclic) bond motifs is 10. The number of aromatic nitrogens is 3. The lowest BCUT2D eigenvalue weighted by Gasteiger charge is -2.03. The molecule has 0 unspecified atom stereocenters. The second-order valence-corrected chi connectivity index (χ2v) is 7.53. The first-order valence-electron chi connectivity index (χ1n) is 9.94. The molecule has 140 valence electrons. The lowest BCUT2D eigenvalue weighted by Crippen LogP contribution is -1.86. The minimum Gasteiger partial charge on any atom is -0.455 e. The predicted octanol–water partition coefficient (Wildman–Crippen LogP) is 6.83. The summed E-state index contributed by atoms with van der Waals surface area (Å²) < 4.78 is 6.63. The average molecular weight is 385 g/mol. The minimum absolute atomic E-state index is 0.668. The van der Waals surface area contributed by atoms with Crippen molar-refractivity contribution < 1.29 is 4.42 Å². The Hall–Kier alpha value is -4.18. The third kappa shape index (κ3) is 1.95. The fourth-order valence-electron chi connectivity index (χ4n) is 4.68. The number of nitrogens with one attached hydrogen (secondary N) is 1. The summed E-state index contributed by atoms with van der Waals surface area (Å²) in [5.41, 5.74) is 4.84. The van der Waals surface area contributed by atoms with Crippen molar-refractivity contribution in [3.05, 3.63) is 85.2 Å². The van der Waals surface area contributed by atoms with Crippen LogP contribution in [0.1, 0.15) is 0 Å². The number of aromatic amines is 1. The van der Waals surface area contributed by atoms with E-state index in [-0.39, 0.29) is 0 Å². The van der Waals surface area contributed by atoms with Gasteiger partial charge in [0.2, 0.25) is 0 Å². The lowest BCUT2D eigenvalue weighted by atomic mass is 9.99. The molecule has 7 aromatic rings. The Kier molecular flexibility index (Phi) is 2.97. The molecule has 0 bridgehead atoms. The highest BCUT2D eigenvalue weighted by Gasteiger charge is 2.21. The van der Waals surface area contributed by atoms with E-state index >= 15 is 0 Å². The molecule has 4 nitrogen and oxygen atoms in total. The SMILES string of the molecule is c1cnc(-c2cccc3c2oc2c3c3ccccc3c3[nH]c4ccccc4c32)nc1. The van der Waals surface area contributed by atoms with Gasteiger partial charge in [-0.3, -0.25) is 0 Å². The summed E-state index contributed by atoms with van der Waals surface area (Å²) in [4.78, 5) is 12.5. The van der Waals surface area contributed by atoms with E-state index in [4.69, 9.17) is 4.42 Å². The molecule has 4 heteroatoms. The molecule has 3 heterocycles. The molecule has 1 N–H and O–H groups in total. The van der Waals surface area contributed by atoms with E-state index in [2.05, 4.69) is 75.6 Å². The topological polar surface area (TPSA) is 54.7 Å². The van der Waals surface area contributed by atoms with Crippen LogP contribution in [0.4, 0.5) is 0 Å². The van der Waals surface area contributed by atoms with Crippen molar-refractivity contribution in [1.82, 2.24) is 15.0 Å². The Labute approximate surface area is 170 Å². The maximum absolute atomic E-state index is 6.63. The maximum Gasteiger partial charge on any atom is 0.162 e. The van der Waals surface area contributed by atoms with Gasteiger partial charge in [0, 0.05) is 39.5 Å². The van der Waals surface area contributed by atoms with Crippen molar-refractivity contribution in [2.75, 3.05) is 0 Å². The van der Waals surface area contributed by atoms with Crippen LogP contribution in [0.5, 0.6) is 0 Å². The number of H-pyrrole nitrogens is 1. The van der Waals surface area contributed by atoms with E-state index in [9.17, 15) is 0 Å². The zero-order valence-electron chi connectivity index (χ0n) is 15.9. The van der Waals surface area contributed by atoms with Crippen molar-refractivity contribution >= 4 is 54.5 Å². The molecule has 7 rings (SSSR count). The third-order valence-electron chi connectivity index (χ3n) is 5.92. The molecule has 0 atom stereocenters. The van der Waals surface area contributed by atoms with Crippen LogP contribution in [0.3, 0.4) is 0 Å². The molecule has 0 spiro atoms. The van der Waals surface area contributed by atoms with E-state index in [1.165, 1.54) is 16.2 Å². The number of benzene rings is 4. The smallest absolute Gasteiger partial charge is 0.162 e. The first kappa shape index (κ1) is 15.7. The maximum atomic E-state index is 6.63. The summed E-state index contributed by atoms with van der Waals surface area (Å²) in [5.74, 6) is 0.668. The molecule has 0 aliphatic rings. The highest BCUT2D eigenvalue weighted by atomic mass is 16.3. The molecule has 0 radical (unpaired) electrons. The van der Waals surface area contributed by atoms with Gasteiger partial charge in [0.1, 0.15) is 11.2 Å². The second-order valence-electron chi connectivity index (χ2n) is 7.53. The summed E-state index contributed by atoms with van der Waals surface area (Å²) in [6, 6.07) is 24.9. The highest BCUT2D eigenvalue weighted by molar-refractivity contribution is 6.34. The van der Waals surface area contributed by atoms with Gasteiger partial charge in [-0.2, -0.15) is 0 Å². The molecule has 0 fully saturated rings. The van der Waals surface area contributed by atoms with Crippen LogP contribution in [0.2, 0.25) is 0 Å². The normalized spacial score (nSPS) is 12.0. The highest BCUT2D eigenvalue weighted by Crippen LogP contribution is 2.44. The molecule has 0 aliphatic heterocycles. The number of para-hydroxylation sites is 2. The zero-order valence-corrected chi connectivity index (χ0v) is 15.9. The van der Waals surface area contributed by atoms with E-state index < -0.39 is 0 Å². The van der Waals surface area contributed by atoms with E-state index in [0.717, 1.165) is 43.9 Å². The zero-order chi connectivity index (χ0) is 19.7. The van der Waals surface area contributed by atoms with Gasteiger partial charge >= 0.3 is 0 Å². The van der Waals surface area contributed by atoms with Gasteiger partial charge < -0.3 is 9.40 Å². The third-order valence-corrected chi connectivity index (χ3v) is 5.92. The van der Waals surface area contributed by atoms with Crippen molar-refractivity contribution in [2.45, 2.75) is 0 Å². The number of hydrogen-bond acceptors (Lipinski definition) is 3. The molecular formula is C26H15N3O. The minimum atomic E-state index is 0.668. The summed E-state index contributed by atoms with van der Waals surface area (Å²) in [5, 5.41) is 6.88. The molecule has 0 aliphatic carbocycles. The number of furan rings is 1. The largest absolute Gasteiger partial charge is 0.455 e. The standard InChI is InChI=1S/C26H15N3O/c1-2-8-16-15(7-1)21-18-10-5-11-19(26-27-13-6-14-28-26)24(18)30-25(21)22-17-9-3-4-12-20(17)29-23(16)22/h1-14,29H. The molecule has 3 aromatic heterocycles. The van der Waals surface area contributed by atoms with Gasteiger partial charge in [0.05, 0.1) is 16.5 Å². The van der Waals surface area contributed by atoms with Gasteiger partial charge in [-0.05, 0) is 23.6 Å². The molecule has 0 saturated heterocycles. The van der Waals surface area contributed by atoms with Gasteiger partial charge in [-0.1, -0.05) is 54.6 Å². The fourth-order valence-corrected chi connectivity index (χ4v) is 4.68. The van der Waals surface area contributed by atoms with Gasteiger partial charge in [0.25, 0.3) is 0 Å². The summed E-state index contributed by atoms with van der Waals surface area (Å²) in [6.45, 7) is 0. The summed E-state index contributed by atoms with van der Waals surface area (Å²) >= 11 is 0. The predicted molar refractivity (Wildman–Crippen MR) is 122 cm³/mol. The first-order valence-corrected chi connectivity index (χ1v) is 9.94. The Morgan fingerprint density at radius 2 is 1.33 bits per heavy atom. The Morgan fingerprint density at radius 1 is 0.600 bits per heavy atom. The first-order chi connectivity index (χ1) is 14.9. The van der Waals surface area contributed by atoms with Crippen molar-refractivity contribution in [3.8, 4) is 11.4 Å². The van der Waals surface area contributed by atoms with Gasteiger partial charge in [0.15, 0.2) is 5.82 Å². The number of rotatable bonds is 1. The number of hydrogen-bond donors (Lipinski definition) is 1. The van der Waals surface area contributed by atoms with Crippen molar-refractivity contribution in [1.29, 1.82) is 0 Å². The van der Waals surface area contributed by atoms with Crippen molar-refractivity contribution in [3.63, 3.8) is 0 Å². The average Bonchev–Trinajstić information content (AvgIpc) is 3.38. The molecule has 0 amide bonds. The van der Waals surface area contributed by atoms with Gasteiger partial charge in [-0.25, -0.2) is 9.97 Å². The van der Waals surface area contributed by atoms with E-state index in [1.54, 1.807) is 12.4 Å². The summed E-state index contributed by atoms with van der Waals surface area (Å²) in [7, 11) is 0. The van der Waals surface area contributed by atoms with Crippen LogP contribution in [0, 0.1) is 0 Å². The van der Waals surface area contributed by atoms with Crippen LogP contribution in [0.25, 0.3) is 65.9 Å². The monoisotopic (exact) mass is 385 g/mol.